The summed E-state index contributed by atoms with van der Waals surface area (Å²) in [5.74, 6) is -0.484. The van der Waals surface area contributed by atoms with Crippen molar-refractivity contribution < 1.29 is 9.21 Å². The fraction of sp³-hybridized carbons (Fsp3) is 0.111. The maximum atomic E-state index is 12.3. The van der Waals surface area contributed by atoms with Crippen molar-refractivity contribution >= 4 is 28.3 Å². The van der Waals surface area contributed by atoms with E-state index in [2.05, 4.69) is 5.32 Å². The van der Waals surface area contributed by atoms with E-state index in [1.54, 1.807) is 24.3 Å². The van der Waals surface area contributed by atoms with Crippen molar-refractivity contribution in [2.75, 3.05) is 24.3 Å². The van der Waals surface area contributed by atoms with E-state index < -0.39 is 11.5 Å². The van der Waals surface area contributed by atoms with E-state index in [0.29, 0.717) is 16.7 Å². The van der Waals surface area contributed by atoms with Crippen LogP contribution in [0, 0.1) is 0 Å². The minimum absolute atomic E-state index is 0.0164. The number of amides is 1. The molecule has 5 nitrogen and oxygen atoms in total. The predicted octanol–water partition coefficient (Wildman–Crippen LogP) is 3.11. The molecule has 0 radical (unpaired) electrons. The second kappa shape index (κ2) is 5.96. The quantitative estimate of drug-likeness (QED) is 0.755. The molecule has 23 heavy (non-hydrogen) atoms. The van der Waals surface area contributed by atoms with Crippen molar-refractivity contribution in [1.82, 2.24) is 0 Å². The molecule has 5 heteroatoms. The zero-order valence-electron chi connectivity index (χ0n) is 12.9. The number of rotatable bonds is 3. The molecule has 0 aliphatic heterocycles. The Labute approximate surface area is 133 Å². The molecule has 0 unspecified atom stereocenters. The molecule has 0 fully saturated rings. The standard InChI is InChI=1S/C18H16N2O3/c1-20(2)14-8-9-16-12(10-14)11-15(18(22)23-16)17(21)19-13-6-4-3-5-7-13/h3-11H,1-2H3,(H,19,21). The predicted molar refractivity (Wildman–Crippen MR) is 91.2 cm³/mol. The highest BCUT2D eigenvalue weighted by Gasteiger charge is 2.14. The number of nitrogens with one attached hydrogen (secondary N) is 1. The van der Waals surface area contributed by atoms with Crippen LogP contribution in [-0.4, -0.2) is 20.0 Å². The first-order valence-electron chi connectivity index (χ1n) is 7.16. The number of carbonyl (C=O) groups excluding carboxylic acids is 1. The maximum Gasteiger partial charge on any atom is 0.349 e. The van der Waals surface area contributed by atoms with Gasteiger partial charge in [-0.15, -0.1) is 0 Å². The third kappa shape index (κ3) is 3.08. The second-order valence-corrected chi connectivity index (χ2v) is 5.38. The molecule has 0 atom stereocenters. The van der Waals surface area contributed by atoms with Gasteiger partial charge in [0, 0.05) is 30.9 Å². The maximum absolute atomic E-state index is 12.3. The van der Waals surface area contributed by atoms with E-state index in [4.69, 9.17) is 4.42 Å². The monoisotopic (exact) mass is 308 g/mol. The number of hydrogen-bond acceptors (Lipinski definition) is 4. The van der Waals surface area contributed by atoms with E-state index >= 15 is 0 Å². The van der Waals surface area contributed by atoms with Gasteiger partial charge in [-0.25, -0.2) is 4.79 Å². The molecular weight excluding hydrogens is 292 g/mol. The number of carbonyl (C=O) groups is 1. The molecule has 1 aromatic heterocycles. The summed E-state index contributed by atoms with van der Waals surface area (Å²) in [6.07, 6.45) is 0. The van der Waals surface area contributed by atoms with Gasteiger partial charge in [0.25, 0.3) is 5.91 Å². The molecule has 0 saturated heterocycles. The van der Waals surface area contributed by atoms with Gasteiger partial charge in [-0.2, -0.15) is 0 Å². The van der Waals surface area contributed by atoms with Crippen molar-refractivity contribution in [2.24, 2.45) is 0 Å². The number of anilines is 2. The Hall–Kier alpha value is -3.08. The van der Waals surface area contributed by atoms with Crippen LogP contribution in [0.15, 0.2) is 63.8 Å². The number of hydrogen-bond donors (Lipinski definition) is 1. The highest BCUT2D eigenvalue weighted by molar-refractivity contribution is 6.05. The molecule has 1 N–H and O–H groups in total. The average molecular weight is 308 g/mol. The zero-order valence-corrected chi connectivity index (χ0v) is 12.9. The third-order valence-corrected chi connectivity index (χ3v) is 3.51. The topological polar surface area (TPSA) is 62.6 Å². The third-order valence-electron chi connectivity index (χ3n) is 3.51. The van der Waals surface area contributed by atoms with Gasteiger partial charge < -0.3 is 14.6 Å². The fourth-order valence-electron chi connectivity index (χ4n) is 2.27. The lowest BCUT2D eigenvalue weighted by molar-refractivity contribution is 0.102. The average Bonchev–Trinajstić information content (AvgIpc) is 2.54. The zero-order chi connectivity index (χ0) is 16.4. The van der Waals surface area contributed by atoms with E-state index in [1.165, 1.54) is 0 Å². The van der Waals surface area contributed by atoms with Crippen molar-refractivity contribution in [3.05, 3.63) is 70.6 Å². The van der Waals surface area contributed by atoms with Crippen LogP contribution in [-0.2, 0) is 0 Å². The molecule has 116 valence electrons. The van der Waals surface area contributed by atoms with Crippen molar-refractivity contribution in [3.8, 4) is 0 Å². The Morgan fingerprint density at radius 3 is 2.48 bits per heavy atom. The van der Waals surface area contributed by atoms with Gasteiger partial charge in [-0.1, -0.05) is 18.2 Å². The Balaban J connectivity index is 2.01. The first-order chi connectivity index (χ1) is 11.0. The largest absolute Gasteiger partial charge is 0.422 e. The van der Waals surface area contributed by atoms with Crippen molar-refractivity contribution in [2.45, 2.75) is 0 Å². The van der Waals surface area contributed by atoms with Crippen LogP contribution in [0.1, 0.15) is 10.4 Å². The lowest BCUT2D eigenvalue weighted by Crippen LogP contribution is -2.20. The van der Waals surface area contributed by atoms with Crippen LogP contribution in [0.3, 0.4) is 0 Å². The lowest BCUT2D eigenvalue weighted by Gasteiger charge is -2.12. The van der Waals surface area contributed by atoms with Gasteiger partial charge in [0.2, 0.25) is 0 Å². The van der Waals surface area contributed by atoms with Gasteiger partial charge >= 0.3 is 5.63 Å². The van der Waals surface area contributed by atoms with Crippen LogP contribution in [0.4, 0.5) is 11.4 Å². The van der Waals surface area contributed by atoms with Crippen LogP contribution in [0.25, 0.3) is 11.0 Å². The van der Waals surface area contributed by atoms with Crippen LogP contribution >= 0.6 is 0 Å². The molecule has 0 aliphatic rings. The lowest BCUT2D eigenvalue weighted by atomic mass is 10.1. The Kier molecular flexibility index (Phi) is 3.85. The Morgan fingerprint density at radius 2 is 1.78 bits per heavy atom. The summed E-state index contributed by atoms with van der Waals surface area (Å²) >= 11 is 0. The van der Waals surface area contributed by atoms with Gasteiger partial charge in [0.1, 0.15) is 11.1 Å². The number of benzene rings is 2. The summed E-state index contributed by atoms with van der Waals surface area (Å²) in [6.45, 7) is 0. The minimum Gasteiger partial charge on any atom is -0.422 e. The summed E-state index contributed by atoms with van der Waals surface area (Å²) in [5.41, 5.74) is 1.37. The summed E-state index contributed by atoms with van der Waals surface area (Å²) in [7, 11) is 3.84. The molecule has 2 aromatic carbocycles. The summed E-state index contributed by atoms with van der Waals surface area (Å²) in [4.78, 5) is 26.3. The van der Waals surface area contributed by atoms with Gasteiger partial charge in [0.05, 0.1) is 0 Å². The molecular formula is C18H16N2O3. The van der Waals surface area contributed by atoms with E-state index in [1.807, 2.05) is 49.3 Å². The first-order valence-corrected chi connectivity index (χ1v) is 7.16. The Morgan fingerprint density at radius 1 is 1.04 bits per heavy atom. The summed E-state index contributed by atoms with van der Waals surface area (Å²) < 4.78 is 5.25. The number of nitrogens with zero attached hydrogens (tertiary/aromatic N) is 1. The van der Waals surface area contributed by atoms with E-state index in [9.17, 15) is 9.59 Å². The van der Waals surface area contributed by atoms with E-state index in [-0.39, 0.29) is 5.56 Å². The van der Waals surface area contributed by atoms with Gasteiger partial charge in [-0.05, 0) is 36.4 Å². The van der Waals surface area contributed by atoms with Crippen LogP contribution in [0.5, 0.6) is 0 Å². The molecule has 0 bridgehead atoms. The molecule has 0 aliphatic carbocycles. The molecule has 1 heterocycles. The van der Waals surface area contributed by atoms with Crippen molar-refractivity contribution in [3.63, 3.8) is 0 Å². The van der Waals surface area contributed by atoms with Gasteiger partial charge in [-0.3, -0.25) is 4.79 Å². The SMILES string of the molecule is CN(C)c1ccc2oc(=O)c(C(=O)Nc3ccccc3)cc2c1. The second-order valence-electron chi connectivity index (χ2n) is 5.38. The minimum atomic E-state index is -0.650. The molecule has 3 rings (SSSR count). The Bertz CT molecular complexity index is 914. The molecule has 1 amide bonds. The van der Waals surface area contributed by atoms with E-state index in [0.717, 1.165) is 5.69 Å². The number of fused-ring (bicyclic) bond motifs is 1. The van der Waals surface area contributed by atoms with Crippen molar-refractivity contribution in [1.29, 1.82) is 0 Å². The molecule has 3 aromatic rings. The van der Waals surface area contributed by atoms with Crippen LogP contribution < -0.4 is 15.8 Å². The highest BCUT2D eigenvalue weighted by atomic mass is 16.4. The smallest absolute Gasteiger partial charge is 0.349 e. The summed E-state index contributed by atoms with van der Waals surface area (Å²) in [6, 6.07) is 16.0. The van der Waals surface area contributed by atoms with Gasteiger partial charge in [0.15, 0.2) is 0 Å². The number of para-hydroxylation sites is 1. The van der Waals surface area contributed by atoms with Crippen LogP contribution in [0.2, 0.25) is 0 Å². The highest BCUT2D eigenvalue weighted by Crippen LogP contribution is 2.21. The normalized spacial score (nSPS) is 10.5. The fourth-order valence-corrected chi connectivity index (χ4v) is 2.27. The molecule has 0 spiro atoms. The summed E-state index contributed by atoms with van der Waals surface area (Å²) in [5, 5.41) is 3.39. The molecule has 0 saturated carbocycles. The first kappa shape index (κ1) is 14.8.